The zero-order chi connectivity index (χ0) is 21.1. The fraction of sp³-hybridized carbons (Fsp3) is 0.200. The zero-order valence-electron chi connectivity index (χ0n) is 16.4. The summed E-state index contributed by atoms with van der Waals surface area (Å²) in [5, 5.41) is 14.9. The Kier molecular flexibility index (Phi) is 3.60. The number of nitrogens with zero attached hydrogens (tertiary/aromatic N) is 7. The lowest BCUT2D eigenvalue weighted by Crippen LogP contribution is -2.25. The third kappa shape index (κ3) is 2.98. The van der Waals surface area contributed by atoms with Gasteiger partial charge < -0.3 is 10.1 Å². The molecule has 1 aromatic carbocycles. The summed E-state index contributed by atoms with van der Waals surface area (Å²) in [6.07, 6.45) is 6.92. The van der Waals surface area contributed by atoms with Gasteiger partial charge in [-0.2, -0.15) is 19.6 Å². The maximum absolute atomic E-state index is 11.5. The van der Waals surface area contributed by atoms with Crippen LogP contribution in [0, 0.1) is 6.92 Å². The van der Waals surface area contributed by atoms with Crippen LogP contribution in [-0.2, 0) is 0 Å². The lowest BCUT2D eigenvalue weighted by Gasteiger charge is -2.04. The molecular weight excluding hydrogens is 398 g/mol. The highest BCUT2D eigenvalue weighted by molar-refractivity contribution is 5.77. The molecule has 154 valence electrons. The van der Waals surface area contributed by atoms with Gasteiger partial charge in [-0.15, -0.1) is 0 Å². The van der Waals surface area contributed by atoms with Gasteiger partial charge in [-0.1, -0.05) is 6.07 Å². The Morgan fingerprint density at radius 3 is 2.90 bits per heavy atom. The van der Waals surface area contributed by atoms with Crippen LogP contribution >= 0.6 is 0 Å². The van der Waals surface area contributed by atoms with E-state index in [-0.39, 0.29) is 17.6 Å². The van der Waals surface area contributed by atoms with Gasteiger partial charge in [0, 0.05) is 5.22 Å². The molecule has 1 saturated carbocycles. The number of aryl methyl sites for hydroxylation is 1. The summed E-state index contributed by atoms with van der Waals surface area (Å²) < 4.78 is 3.38. The molecule has 0 saturated heterocycles. The molecule has 11 heteroatoms. The topological polar surface area (TPSA) is 142 Å². The lowest BCUT2D eigenvalue weighted by molar-refractivity contribution is 0.454. The molecule has 4 aromatic heterocycles. The Hall–Kier alpha value is -4.28. The number of hydrogen-bond donors (Lipinski definition) is 3. The van der Waals surface area contributed by atoms with Gasteiger partial charge in [0.25, 0.3) is 5.62 Å². The van der Waals surface area contributed by atoms with E-state index in [4.69, 9.17) is 9.98 Å². The summed E-state index contributed by atoms with van der Waals surface area (Å²) in [5.74, 6) is 0.165. The average Bonchev–Trinajstić information content (AvgIpc) is 3.17. The third-order valence-corrected chi connectivity index (χ3v) is 5.16. The molecule has 0 aliphatic heterocycles. The predicted molar refractivity (Wildman–Crippen MR) is 111 cm³/mol. The smallest absolute Gasteiger partial charge is 0.326 e. The van der Waals surface area contributed by atoms with Gasteiger partial charge in [0.15, 0.2) is 5.65 Å². The highest BCUT2D eigenvalue weighted by Crippen LogP contribution is 2.22. The first-order valence-corrected chi connectivity index (χ1v) is 9.82. The molecule has 0 bridgehead atoms. The molecule has 1 fully saturated rings. The van der Waals surface area contributed by atoms with Crippen LogP contribution in [0.2, 0.25) is 0 Å². The minimum atomic E-state index is -0.500. The largest absolute Gasteiger partial charge is 0.493 e. The number of aromatic nitrogens is 8. The van der Waals surface area contributed by atoms with Crippen molar-refractivity contribution in [1.82, 2.24) is 39.1 Å². The molecule has 5 aromatic rings. The summed E-state index contributed by atoms with van der Waals surface area (Å²) in [5.41, 5.74) is 3.53. The van der Waals surface area contributed by atoms with Gasteiger partial charge in [0.1, 0.15) is 12.0 Å². The maximum Gasteiger partial charge on any atom is 0.326 e. The molecule has 0 amide bonds. The van der Waals surface area contributed by atoms with Crippen LogP contribution < -0.4 is 16.5 Å². The third-order valence-electron chi connectivity index (χ3n) is 5.16. The van der Waals surface area contributed by atoms with Crippen molar-refractivity contribution in [3.8, 4) is 11.8 Å². The number of aromatic hydroxyl groups is 1. The monoisotopic (exact) mass is 415 g/mol. The van der Waals surface area contributed by atoms with E-state index in [2.05, 4.69) is 25.0 Å². The van der Waals surface area contributed by atoms with Crippen LogP contribution in [0.5, 0.6) is 5.88 Å². The maximum atomic E-state index is 11.5. The molecule has 1 aliphatic carbocycles. The predicted octanol–water partition coefficient (Wildman–Crippen LogP) is 0.104. The Balaban J connectivity index is 1.64. The molecular formula is C20H17N9O2. The second-order valence-electron chi connectivity index (χ2n) is 7.61. The fourth-order valence-electron chi connectivity index (χ4n) is 3.46. The second-order valence-corrected chi connectivity index (χ2v) is 7.61. The summed E-state index contributed by atoms with van der Waals surface area (Å²) in [4.78, 5) is 34.9. The van der Waals surface area contributed by atoms with E-state index in [1.165, 1.54) is 0 Å². The van der Waals surface area contributed by atoms with Crippen LogP contribution in [-0.4, -0.2) is 50.2 Å². The normalized spacial score (nSPS) is 15.5. The summed E-state index contributed by atoms with van der Waals surface area (Å²) in [6.45, 7) is 2.02. The number of H-pyrrole nitrogens is 2. The average molecular weight is 415 g/mol. The summed E-state index contributed by atoms with van der Waals surface area (Å²) in [6, 6.07) is 6.23. The molecule has 6 rings (SSSR count). The zero-order valence-corrected chi connectivity index (χ0v) is 16.4. The van der Waals surface area contributed by atoms with E-state index in [0.29, 0.717) is 22.4 Å². The van der Waals surface area contributed by atoms with Crippen LogP contribution in [0.4, 0.5) is 0 Å². The second kappa shape index (κ2) is 6.36. The summed E-state index contributed by atoms with van der Waals surface area (Å²) in [7, 11) is 0. The fourth-order valence-corrected chi connectivity index (χ4v) is 3.46. The van der Waals surface area contributed by atoms with Crippen molar-refractivity contribution in [2.45, 2.75) is 25.8 Å². The van der Waals surface area contributed by atoms with Gasteiger partial charge in [-0.3, -0.25) is 9.55 Å². The molecule has 1 aliphatic rings. The van der Waals surface area contributed by atoms with Crippen LogP contribution in [0.25, 0.3) is 28.7 Å². The number of imidazole rings is 2. The van der Waals surface area contributed by atoms with E-state index in [9.17, 15) is 9.90 Å². The first-order chi connectivity index (χ1) is 15.0. The van der Waals surface area contributed by atoms with E-state index >= 15 is 0 Å². The Morgan fingerprint density at radius 1 is 1.26 bits per heavy atom. The molecule has 3 N–H and O–H groups in total. The highest BCUT2D eigenvalue weighted by Gasteiger charge is 2.21. The van der Waals surface area contributed by atoms with Crippen LogP contribution in [0.3, 0.4) is 0 Å². The van der Waals surface area contributed by atoms with Crippen LogP contribution in [0.15, 0.2) is 40.5 Å². The molecule has 0 atom stereocenters. The lowest BCUT2D eigenvalue weighted by atomic mass is 10.2. The summed E-state index contributed by atoms with van der Waals surface area (Å²) >= 11 is 0. The molecule has 0 spiro atoms. The molecule has 31 heavy (non-hydrogen) atoms. The number of hydrogen-bond acceptors (Lipinski definition) is 7. The standard InChI is InChI=1S/C20H17N9O2/c1-10-2-5-15-13(6-10)21-9-28(15)18-25-16-11(7-14-17(30)26-20(31)24-14)8-22-29(16)19(27-18)23-12-3-4-12/h2,5-9,12,30H,3-4H2,1H3,(H2,24,26,31). The molecule has 11 nitrogen and oxygen atoms in total. The van der Waals surface area contributed by atoms with Crippen molar-refractivity contribution in [3.63, 3.8) is 0 Å². The first kappa shape index (κ1) is 17.6. The molecule has 0 unspecified atom stereocenters. The number of fused-ring (bicyclic) bond motifs is 2. The van der Waals surface area contributed by atoms with Crippen molar-refractivity contribution < 1.29 is 5.11 Å². The minimum Gasteiger partial charge on any atom is -0.493 e. The van der Waals surface area contributed by atoms with Crippen molar-refractivity contribution in [2.75, 3.05) is 0 Å². The van der Waals surface area contributed by atoms with Crippen molar-refractivity contribution in [2.24, 2.45) is 4.99 Å². The highest BCUT2D eigenvalue weighted by atomic mass is 16.3. The number of nitrogens with one attached hydrogen (secondary N) is 2. The first-order valence-electron chi connectivity index (χ1n) is 9.82. The van der Waals surface area contributed by atoms with Gasteiger partial charge in [-0.05, 0) is 43.5 Å². The quantitative estimate of drug-likeness (QED) is 0.382. The molecule has 0 radical (unpaired) electrons. The SMILES string of the molecule is Cc1ccc2c(c1)ncn2-c1nc(=NC2CC2)n2ncc(=Cc3[nH]c(=O)[nH]c3O)c2n1. The van der Waals surface area contributed by atoms with Crippen molar-refractivity contribution in [3.05, 3.63) is 63.3 Å². The van der Waals surface area contributed by atoms with E-state index < -0.39 is 5.69 Å². The Bertz CT molecular complexity index is 1650. The number of aromatic amines is 2. The van der Waals surface area contributed by atoms with Crippen molar-refractivity contribution in [1.29, 1.82) is 0 Å². The Morgan fingerprint density at radius 2 is 2.13 bits per heavy atom. The number of rotatable bonds is 3. The molecule has 4 heterocycles. The van der Waals surface area contributed by atoms with Gasteiger partial charge >= 0.3 is 5.69 Å². The number of benzene rings is 1. The van der Waals surface area contributed by atoms with Crippen LogP contribution in [0.1, 0.15) is 24.1 Å². The van der Waals surface area contributed by atoms with Gasteiger partial charge in [0.05, 0.1) is 23.3 Å². The van der Waals surface area contributed by atoms with Gasteiger partial charge in [-0.25, -0.2) is 14.8 Å². The Labute approximate surface area is 173 Å². The minimum absolute atomic E-state index is 0.231. The van der Waals surface area contributed by atoms with Crippen molar-refractivity contribution >= 4 is 22.8 Å². The van der Waals surface area contributed by atoms with Gasteiger partial charge in [0.2, 0.25) is 11.8 Å². The van der Waals surface area contributed by atoms with E-state index in [1.807, 2.05) is 29.7 Å². The van der Waals surface area contributed by atoms with E-state index in [1.54, 1.807) is 23.1 Å². The van der Waals surface area contributed by atoms with E-state index in [0.717, 1.165) is 29.4 Å².